The van der Waals surface area contributed by atoms with Gasteiger partial charge in [0.05, 0.1) is 5.75 Å². The molecule has 0 spiro atoms. The minimum atomic E-state index is -0.340. The van der Waals surface area contributed by atoms with Crippen LogP contribution in [0.5, 0.6) is 0 Å². The third-order valence-corrected chi connectivity index (χ3v) is 3.89. The number of esters is 1. The molecule has 4 nitrogen and oxygen atoms in total. The molecule has 0 bridgehead atoms. The van der Waals surface area contributed by atoms with Crippen LogP contribution < -0.4 is 5.32 Å². The van der Waals surface area contributed by atoms with Crippen molar-refractivity contribution in [3.05, 3.63) is 35.4 Å². The van der Waals surface area contributed by atoms with Crippen molar-refractivity contribution in [1.29, 1.82) is 0 Å². The van der Waals surface area contributed by atoms with Gasteiger partial charge in [-0.3, -0.25) is 9.59 Å². The van der Waals surface area contributed by atoms with E-state index in [9.17, 15) is 9.59 Å². The maximum atomic E-state index is 11.5. The summed E-state index contributed by atoms with van der Waals surface area (Å²) in [6, 6.07) is 8.51. The average molecular weight is 293 g/mol. The molecule has 0 heterocycles. The molecule has 1 aromatic carbocycles. The Morgan fingerprint density at radius 1 is 1.30 bits per heavy atom. The first-order valence-electron chi connectivity index (χ1n) is 6.72. The Labute approximate surface area is 123 Å². The van der Waals surface area contributed by atoms with E-state index in [2.05, 4.69) is 29.6 Å². The van der Waals surface area contributed by atoms with Crippen molar-refractivity contribution in [2.24, 2.45) is 0 Å². The fourth-order valence-electron chi connectivity index (χ4n) is 1.62. The van der Waals surface area contributed by atoms with Gasteiger partial charge in [0.1, 0.15) is 0 Å². The van der Waals surface area contributed by atoms with E-state index in [1.165, 1.54) is 22.9 Å². The Morgan fingerprint density at radius 2 is 2.00 bits per heavy atom. The van der Waals surface area contributed by atoms with E-state index in [-0.39, 0.29) is 24.2 Å². The number of ether oxygens (including phenoxy) is 1. The van der Waals surface area contributed by atoms with Gasteiger partial charge in [0.15, 0.2) is 6.61 Å². The number of benzene rings is 1. The molecule has 0 saturated heterocycles. The van der Waals surface area contributed by atoms with Crippen LogP contribution in [-0.4, -0.2) is 30.3 Å². The van der Waals surface area contributed by atoms with Crippen molar-refractivity contribution in [2.75, 3.05) is 12.4 Å². The van der Waals surface area contributed by atoms with Crippen LogP contribution in [0.15, 0.2) is 24.3 Å². The first-order chi connectivity index (χ1) is 9.63. The zero-order valence-corrected chi connectivity index (χ0v) is 12.4. The molecule has 0 aromatic heterocycles. The van der Waals surface area contributed by atoms with Crippen molar-refractivity contribution in [1.82, 2.24) is 5.32 Å². The molecular formula is C15H19NO3S. The van der Waals surface area contributed by atoms with Crippen LogP contribution in [0.2, 0.25) is 0 Å². The zero-order chi connectivity index (χ0) is 14.4. The second-order valence-corrected chi connectivity index (χ2v) is 5.97. The summed E-state index contributed by atoms with van der Waals surface area (Å²) in [6.07, 6.45) is 2.07. The highest BCUT2D eigenvalue weighted by atomic mass is 32.2. The van der Waals surface area contributed by atoms with Gasteiger partial charge in [0.25, 0.3) is 5.91 Å². The van der Waals surface area contributed by atoms with E-state index in [1.54, 1.807) is 0 Å². The van der Waals surface area contributed by atoms with Gasteiger partial charge in [-0.2, -0.15) is 0 Å². The van der Waals surface area contributed by atoms with Gasteiger partial charge in [0.2, 0.25) is 0 Å². The highest BCUT2D eigenvalue weighted by Crippen LogP contribution is 2.18. The topological polar surface area (TPSA) is 55.4 Å². The van der Waals surface area contributed by atoms with E-state index in [4.69, 9.17) is 4.74 Å². The number of rotatable bonds is 7. The Bertz CT molecular complexity index is 469. The predicted octanol–water partition coefficient (Wildman–Crippen LogP) is 2.05. The second kappa shape index (κ2) is 7.33. The molecule has 0 atom stereocenters. The fraction of sp³-hybridized carbons (Fsp3) is 0.467. The van der Waals surface area contributed by atoms with E-state index >= 15 is 0 Å². The number of hydrogen-bond acceptors (Lipinski definition) is 4. The van der Waals surface area contributed by atoms with Gasteiger partial charge in [-0.05, 0) is 25.3 Å². The molecule has 1 fully saturated rings. The molecule has 0 radical (unpaired) electrons. The van der Waals surface area contributed by atoms with Crippen LogP contribution >= 0.6 is 11.8 Å². The molecular weight excluding hydrogens is 274 g/mol. The molecule has 1 aromatic rings. The summed E-state index contributed by atoms with van der Waals surface area (Å²) in [5.41, 5.74) is 2.40. The first kappa shape index (κ1) is 14.9. The second-order valence-electron chi connectivity index (χ2n) is 4.98. The zero-order valence-electron chi connectivity index (χ0n) is 11.6. The molecule has 1 amide bonds. The van der Waals surface area contributed by atoms with Crippen LogP contribution in [0, 0.1) is 6.92 Å². The van der Waals surface area contributed by atoms with E-state index in [0.29, 0.717) is 6.04 Å². The first-order valence-corrected chi connectivity index (χ1v) is 7.87. The lowest BCUT2D eigenvalue weighted by Gasteiger charge is -2.05. The highest BCUT2D eigenvalue weighted by Gasteiger charge is 2.23. The minimum absolute atomic E-state index is 0.166. The predicted molar refractivity (Wildman–Crippen MR) is 79.5 cm³/mol. The lowest BCUT2D eigenvalue weighted by atomic mass is 10.2. The van der Waals surface area contributed by atoms with Crippen molar-refractivity contribution < 1.29 is 14.3 Å². The van der Waals surface area contributed by atoms with E-state index < -0.39 is 0 Å². The van der Waals surface area contributed by atoms with Gasteiger partial charge in [0, 0.05) is 11.8 Å². The van der Waals surface area contributed by atoms with Crippen LogP contribution in [0.3, 0.4) is 0 Å². The Hall–Kier alpha value is -1.49. The molecule has 1 saturated carbocycles. The quantitative estimate of drug-likeness (QED) is 0.782. The smallest absolute Gasteiger partial charge is 0.316 e. The van der Waals surface area contributed by atoms with Gasteiger partial charge < -0.3 is 10.1 Å². The van der Waals surface area contributed by atoms with Crippen molar-refractivity contribution in [3.8, 4) is 0 Å². The van der Waals surface area contributed by atoms with Crippen LogP contribution in [0.4, 0.5) is 0 Å². The summed E-state index contributed by atoms with van der Waals surface area (Å²) in [5, 5.41) is 2.77. The van der Waals surface area contributed by atoms with E-state index in [0.717, 1.165) is 18.6 Å². The third-order valence-electron chi connectivity index (χ3n) is 2.92. The number of aryl methyl sites for hydroxylation is 1. The molecule has 0 aliphatic heterocycles. The summed E-state index contributed by atoms with van der Waals surface area (Å²) in [7, 11) is 0. The number of carbonyl (C=O) groups excluding carboxylic acids is 2. The highest BCUT2D eigenvalue weighted by molar-refractivity contribution is 7.99. The summed E-state index contributed by atoms with van der Waals surface area (Å²) < 4.78 is 4.92. The van der Waals surface area contributed by atoms with Gasteiger partial charge in [-0.15, -0.1) is 11.8 Å². The summed E-state index contributed by atoms with van der Waals surface area (Å²) in [5.74, 6) is 0.492. The number of amides is 1. The molecule has 5 heteroatoms. The Balaban J connectivity index is 1.57. The summed E-state index contributed by atoms with van der Waals surface area (Å²) in [4.78, 5) is 22.8. The monoisotopic (exact) mass is 293 g/mol. The lowest BCUT2D eigenvalue weighted by Crippen LogP contribution is -2.30. The number of nitrogens with one attached hydrogen (secondary N) is 1. The van der Waals surface area contributed by atoms with Gasteiger partial charge in [-0.1, -0.05) is 29.8 Å². The molecule has 1 N–H and O–H groups in total. The van der Waals surface area contributed by atoms with Crippen LogP contribution in [0.1, 0.15) is 24.0 Å². The molecule has 1 aliphatic rings. The van der Waals surface area contributed by atoms with Crippen molar-refractivity contribution >= 4 is 23.6 Å². The summed E-state index contributed by atoms with van der Waals surface area (Å²) in [6.45, 7) is 1.88. The number of carbonyl (C=O) groups is 2. The standard InChI is InChI=1S/C15H19NO3S/c1-11-2-4-12(5-3-11)9-20-10-15(18)19-8-14(17)16-13-6-7-13/h2-5,13H,6-10H2,1H3,(H,16,17). The van der Waals surface area contributed by atoms with E-state index in [1.807, 2.05) is 6.92 Å². The van der Waals surface area contributed by atoms with Gasteiger partial charge in [-0.25, -0.2) is 0 Å². The summed E-state index contributed by atoms with van der Waals surface area (Å²) >= 11 is 1.49. The van der Waals surface area contributed by atoms with Gasteiger partial charge >= 0.3 is 5.97 Å². The molecule has 2 rings (SSSR count). The normalized spacial score (nSPS) is 13.8. The molecule has 20 heavy (non-hydrogen) atoms. The van der Waals surface area contributed by atoms with Crippen molar-refractivity contribution in [3.63, 3.8) is 0 Å². The molecule has 0 unspecified atom stereocenters. The molecule has 1 aliphatic carbocycles. The average Bonchev–Trinajstić information content (AvgIpc) is 3.23. The van der Waals surface area contributed by atoms with Crippen LogP contribution in [0.25, 0.3) is 0 Å². The Morgan fingerprint density at radius 3 is 2.65 bits per heavy atom. The third kappa shape index (κ3) is 5.65. The largest absolute Gasteiger partial charge is 0.455 e. The lowest BCUT2D eigenvalue weighted by molar-refractivity contribution is -0.145. The minimum Gasteiger partial charge on any atom is -0.455 e. The maximum absolute atomic E-state index is 11.5. The molecule has 108 valence electrons. The van der Waals surface area contributed by atoms with Crippen molar-refractivity contribution in [2.45, 2.75) is 31.6 Å². The SMILES string of the molecule is Cc1ccc(CSCC(=O)OCC(=O)NC2CC2)cc1. The van der Waals surface area contributed by atoms with Crippen LogP contribution in [-0.2, 0) is 20.1 Å². The Kier molecular flexibility index (Phi) is 5.47. The fourth-order valence-corrected chi connectivity index (χ4v) is 2.40. The number of thioether (sulfide) groups is 1. The maximum Gasteiger partial charge on any atom is 0.316 e. The number of hydrogen-bond donors (Lipinski definition) is 1.